The summed E-state index contributed by atoms with van der Waals surface area (Å²) in [5.41, 5.74) is 4.68. The third-order valence-electron chi connectivity index (χ3n) is 3.27. The predicted molar refractivity (Wildman–Crippen MR) is 95.0 cm³/mol. The van der Waals surface area contributed by atoms with Crippen LogP contribution in [0.3, 0.4) is 0 Å². The summed E-state index contributed by atoms with van der Waals surface area (Å²) in [6.45, 7) is -0.861. The zero-order valence-corrected chi connectivity index (χ0v) is 18.2. The van der Waals surface area contributed by atoms with Crippen LogP contribution in [-0.4, -0.2) is 53.0 Å². The van der Waals surface area contributed by atoms with Gasteiger partial charge >= 0.3 is 29.2 Å². The molecule has 0 aliphatic carbocycles. The van der Waals surface area contributed by atoms with Crippen molar-refractivity contribution in [1.29, 1.82) is 0 Å². The van der Waals surface area contributed by atoms with E-state index < -0.39 is 54.2 Å². The Morgan fingerprint density at radius 2 is 1.86 bits per heavy atom. The fourth-order valence-corrected chi connectivity index (χ4v) is 5.51. The van der Waals surface area contributed by atoms with E-state index in [1.807, 2.05) is 0 Å². The molecule has 2 rings (SSSR count). The summed E-state index contributed by atoms with van der Waals surface area (Å²) in [4.78, 5) is 50.8. The van der Waals surface area contributed by atoms with E-state index in [1.54, 1.807) is 0 Å². The first-order valence-electron chi connectivity index (χ1n) is 7.24. The maximum Gasteiger partial charge on any atom is 0.490 e. The van der Waals surface area contributed by atoms with Crippen molar-refractivity contribution in [1.82, 2.24) is 9.55 Å². The van der Waals surface area contributed by atoms with Crippen LogP contribution in [0.15, 0.2) is 15.5 Å². The van der Waals surface area contributed by atoms with E-state index in [4.69, 9.17) is 25.2 Å². The molecule has 0 radical (unpaired) electrons. The van der Waals surface area contributed by atoms with Crippen LogP contribution >= 0.6 is 39.4 Å². The van der Waals surface area contributed by atoms with Crippen molar-refractivity contribution in [2.75, 3.05) is 12.3 Å². The number of hydrogen-bond acceptors (Lipinski definition) is 11. The Hall–Kier alpha value is -0.510. The summed E-state index contributed by atoms with van der Waals surface area (Å²) in [6, 6.07) is 0. The van der Waals surface area contributed by atoms with Crippen molar-refractivity contribution in [2.24, 2.45) is 0 Å². The van der Waals surface area contributed by atoms with E-state index in [0.717, 1.165) is 4.57 Å². The van der Waals surface area contributed by atoms with Crippen molar-refractivity contribution < 1.29 is 56.3 Å². The molecular formula is C9H15BrN3O13P3. The van der Waals surface area contributed by atoms with E-state index in [0.29, 0.717) is 0 Å². The van der Waals surface area contributed by atoms with Crippen LogP contribution in [0.4, 0.5) is 5.82 Å². The number of phosphoric acid groups is 3. The van der Waals surface area contributed by atoms with Gasteiger partial charge in [0.15, 0.2) is 0 Å². The first-order chi connectivity index (χ1) is 13.1. The molecule has 16 nitrogen and oxygen atoms in total. The Kier molecular flexibility index (Phi) is 7.62. The first-order valence-corrected chi connectivity index (χ1v) is 12.6. The molecule has 2 unspecified atom stereocenters. The molecule has 0 amide bonds. The van der Waals surface area contributed by atoms with Crippen LogP contribution in [0.5, 0.6) is 0 Å². The molecule has 166 valence electrons. The fraction of sp³-hybridized carbons (Fsp3) is 0.556. The largest absolute Gasteiger partial charge is 0.490 e. The summed E-state index contributed by atoms with van der Waals surface area (Å²) < 4.78 is 51.6. The lowest BCUT2D eigenvalue weighted by molar-refractivity contribution is -0.0450. The van der Waals surface area contributed by atoms with E-state index >= 15 is 0 Å². The highest BCUT2D eigenvalue weighted by Crippen LogP contribution is 2.66. The van der Waals surface area contributed by atoms with Gasteiger partial charge in [0.05, 0.1) is 17.2 Å². The maximum absolute atomic E-state index is 11.9. The molecule has 20 heteroatoms. The van der Waals surface area contributed by atoms with Gasteiger partial charge < -0.3 is 35.2 Å². The molecule has 0 bridgehead atoms. The van der Waals surface area contributed by atoms with Crippen LogP contribution in [0, 0.1) is 0 Å². The number of halogens is 1. The van der Waals surface area contributed by atoms with E-state index in [1.165, 1.54) is 6.20 Å². The van der Waals surface area contributed by atoms with E-state index in [9.17, 15) is 28.5 Å². The van der Waals surface area contributed by atoms with Gasteiger partial charge in [0, 0.05) is 12.6 Å². The number of aliphatic hydroxyl groups excluding tert-OH is 1. The van der Waals surface area contributed by atoms with Gasteiger partial charge in [-0.2, -0.15) is 13.6 Å². The minimum absolute atomic E-state index is 0.0750. The topological polar surface area (TPSA) is 250 Å². The van der Waals surface area contributed by atoms with Gasteiger partial charge in [-0.05, 0) is 15.9 Å². The molecule has 0 aromatic carbocycles. The Morgan fingerprint density at radius 1 is 1.24 bits per heavy atom. The summed E-state index contributed by atoms with van der Waals surface area (Å²) in [6.07, 6.45) is -2.52. The van der Waals surface area contributed by atoms with Gasteiger partial charge in [-0.25, -0.2) is 18.5 Å². The lowest BCUT2D eigenvalue weighted by Crippen LogP contribution is -2.28. The van der Waals surface area contributed by atoms with Gasteiger partial charge in [-0.1, -0.05) is 0 Å². The van der Waals surface area contributed by atoms with Gasteiger partial charge in [0.2, 0.25) is 0 Å². The van der Waals surface area contributed by atoms with E-state index in [-0.39, 0.29) is 16.7 Å². The molecule has 1 fully saturated rings. The summed E-state index contributed by atoms with van der Waals surface area (Å²) in [5.74, 6) is -0.0750. The molecule has 7 N–H and O–H groups in total. The highest BCUT2D eigenvalue weighted by Gasteiger charge is 2.43. The highest BCUT2D eigenvalue weighted by molar-refractivity contribution is 9.10. The Morgan fingerprint density at radius 3 is 2.45 bits per heavy atom. The quantitative estimate of drug-likeness (QED) is 0.227. The second-order valence-electron chi connectivity index (χ2n) is 5.48. The smallest absolute Gasteiger partial charge is 0.390 e. The number of aliphatic hydroxyl groups is 1. The van der Waals surface area contributed by atoms with Crippen molar-refractivity contribution in [3.05, 3.63) is 21.2 Å². The molecule has 0 saturated carbocycles. The van der Waals surface area contributed by atoms with Gasteiger partial charge in [-0.3, -0.25) is 9.09 Å². The number of nitrogens with two attached hydrogens (primary N) is 1. The lowest BCUT2D eigenvalue weighted by Gasteiger charge is -2.19. The zero-order valence-electron chi connectivity index (χ0n) is 13.9. The molecule has 2 heterocycles. The van der Waals surface area contributed by atoms with Crippen LogP contribution < -0.4 is 11.4 Å². The number of ether oxygens (including phenoxy) is 1. The Bertz CT molecular complexity index is 965. The van der Waals surface area contributed by atoms with Gasteiger partial charge in [0.25, 0.3) is 0 Å². The molecule has 29 heavy (non-hydrogen) atoms. The molecular weight excluding hydrogens is 531 g/mol. The number of hydrogen-bond donors (Lipinski definition) is 6. The molecule has 1 aromatic rings. The molecule has 1 aromatic heterocycles. The second kappa shape index (κ2) is 8.93. The number of nitrogens with zero attached hydrogens (tertiary/aromatic N) is 2. The monoisotopic (exact) mass is 545 g/mol. The number of anilines is 1. The molecule has 1 saturated heterocycles. The maximum atomic E-state index is 11.9. The second-order valence-corrected chi connectivity index (χ2v) is 10.8. The Labute approximate surface area is 169 Å². The summed E-state index contributed by atoms with van der Waals surface area (Å²) >= 11 is 3.07. The molecule has 1 aliphatic rings. The third kappa shape index (κ3) is 7.29. The highest BCUT2D eigenvalue weighted by atomic mass is 79.9. The van der Waals surface area contributed by atoms with Gasteiger partial charge in [-0.15, -0.1) is 0 Å². The average Bonchev–Trinajstić information content (AvgIpc) is 2.86. The van der Waals surface area contributed by atoms with Crippen molar-refractivity contribution in [3.63, 3.8) is 0 Å². The predicted octanol–water partition coefficient (Wildman–Crippen LogP) is -0.420. The summed E-state index contributed by atoms with van der Waals surface area (Å²) in [7, 11) is -16.6. The third-order valence-corrected chi connectivity index (χ3v) is 7.68. The number of rotatable bonds is 8. The molecule has 5 atom stereocenters. The van der Waals surface area contributed by atoms with Crippen molar-refractivity contribution >= 4 is 45.2 Å². The Balaban J connectivity index is 2.02. The standard InChI is InChI=1S/C9H15BrN3O13P3/c10-4-2-13(9(15)12-8(4)11)7-1-5(14)6(24-7)3-23-28(19,20)26-29(21,22)25-27(16,17)18/h2,5-7,14H,1,3H2,(H,19,20)(H,21,22)(H2,11,12,15)(H2,16,17,18)/t5-,6-,7-/m1/s1. The zero-order chi connectivity index (χ0) is 22.2. The number of aromatic nitrogens is 2. The van der Waals surface area contributed by atoms with Crippen molar-refractivity contribution in [2.45, 2.75) is 24.9 Å². The van der Waals surface area contributed by atoms with Crippen LogP contribution in [0.1, 0.15) is 12.6 Å². The molecule has 0 spiro atoms. The van der Waals surface area contributed by atoms with Crippen LogP contribution in [-0.2, 0) is 31.6 Å². The van der Waals surface area contributed by atoms with Crippen LogP contribution in [0.2, 0.25) is 0 Å². The normalized spacial score (nSPS) is 26.8. The number of phosphoric ester groups is 1. The lowest BCUT2D eigenvalue weighted by atomic mass is 10.2. The number of nitrogen functional groups attached to an aromatic ring is 1. The van der Waals surface area contributed by atoms with E-state index in [2.05, 4.69) is 34.1 Å². The average molecular weight is 546 g/mol. The first kappa shape index (κ1) is 24.8. The minimum Gasteiger partial charge on any atom is -0.390 e. The molecule has 1 aliphatic heterocycles. The fourth-order valence-electron chi connectivity index (χ4n) is 2.17. The van der Waals surface area contributed by atoms with Crippen LogP contribution in [0.25, 0.3) is 0 Å². The SMILES string of the molecule is Nc1nc(=O)n([C@H]2C[C@@H](O)[C@@H](COP(=O)(O)OP(=O)(O)OP(=O)(O)O)O2)cc1Br. The minimum atomic E-state index is -5.66. The van der Waals surface area contributed by atoms with Gasteiger partial charge in [0.1, 0.15) is 18.1 Å². The van der Waals surface area contributed by atoms with Crippen molar-refractivity contribution in [3.8, 4) is 0 Å². The summed E-state index contributed by atoms with van der Waals surface area (Å²) in [5, 5.41) is 10.00.